The Morgan fingerprint density at radius 2 is 2.11 bits per heavy atom. The molecule has 0 aliphatic carbocycles. The Bertz CT molecular complexity index is 444. The molecule has 0 heterocycles. The average Bonchev–Trinajstić information content (AvgIpc) is 2.29. The summed E-state index contributed by atoms with van der Waals surface area (Å²) in [6.07, 6.45) is 0.802. The zero-order valence-corrected chi connectivity index (χ0v) is 12.2. The molecule has 1 rings (SSSR count). The molecule has 0 radical (unpaired) electrons. The van der Waals surface area contributed by atoms with Crippen LogP contribution in [-0.4, -0.2) is 23.6 Å². The van der Waals surface area contributed by atoms with Crippen molar-refractivity contribution in [3.8, 4) is 5.75 Å². The van der Waals surface area contributed by atoms with Gasteiger partial charge < -0.3 is 10.1 Å². The lowest BCUT2D eigenvalue weighted by Crippen LogP contribution is -2.36. The van der Waals surface area contributed by atoms with Crippen LogP contribution in [0, 0.1) is 10.1 Å². The van der Waals surface area contributed by atoms with Gasteiger partial charge in [-0.15, -0.1) is 0 Å². The first-order chi connectivity index (χ1) is 8.79. The Balaban J connectivity index is 2.45. The van der Waals surface area contributed by atoms with Crippen LogP contribution < -0.4 is 10.1 Å². The summed E-state index contributed by atoms with van der Waals surface area (Å²) in [5.41, 5.74) is 0.0515. The van der Waals surface area contributed by atoms with Crippen molar-refractivity contribution in [2.24, 2.45) is 0 Å². The molecule has 1 aromatic carbocycles. The van der Waals surface area contributed by atoms with Gasteiger partial charge in [-0.2, -0.15) is 0 Å². The number of halogens is 1. The number of nitrogens with zero attached hydrogens (tertiary/aromatic N) is 1. The number of ether oxygens (including phenoxy) is 1. The van der Waals surface area contributed by atoms with Gasteiger partial charge >= 0.3 is 0 Å². The molecule has 0 spiro atoms. The van der Waals surface area contributed by atoms with E-state index in [9.17, 15) is 10.1 Å². The van der Waals surface area contributed by atoms with E-state index in [2.05, 4.69) is 26.1 Å². The molecule has 0 atom stereocenters. The van der Waals surface area contributed by atoms with Gasteiger partial charge in [0.1, 0.15) is 5.75 Å². The van der Waals surface area contributed by atoms with Gasteiger partial charge in [0.15, 0.2) is 0 Å². The summed E-state index contributed by atoms with van der Waals surface area (Å²) >= 11 is 5.92. The van der Waals surface area contributed by atoms with Crippen LogP contribution in [0.2, 0.25) is 5.02 Å². The molecule has 0 aliphatic rings. The summed E-state index contributed by atoms with van der Waals surface area (Å²) in [6, 6.07) is 4.18. The van der Waals surface area contributed by atoms with Crippen molar-refractivity contribution in [3.05, 3.63) is 33.3 Å². The fraction of sp³-hybridized carbons (Fsp3) is 0.538. The van der Waals surface area contributed by atoms with E-state index >= 15 is 0 Å². The van der Waals surface area contributed by atoms with Crippen LogP contribution >= 0.6 is 11.6 Å². The highest BCUT2D eigenvalue weighted by molar-refractivity contribution is 6.32. The number of nitro groups is 1. The summed E-state index contributed by atoms with van der Waals surface area (Å²) in [4.78, 5) is 10.2. The summed E-state index contributed by atoms with van der Waals surface area (Å²) in [7, 11) is 0. The first-order valence-electron chi connectivity index (χ1n) is 6.11. The Kier molecular flexibility index (Phi) is 5.57. The van der Waals surface area contributed by atoms with Crippen molar-refractivity contribution < 1.29 is 9.66 Å². The highest BCUT2D eigenvalue weighted by Gasteiger charge is 2.11. The van der Waals surface area contributed by atoms with Crippen LogP contribution in [0.1, 0.15) is 27.2 Å². The molecule has 0 fully saturated rings. The van der Waals surface area contributed by atoms with Gasteiger partial charge in [-0.25, -0.2) is 0 Å². The lowest BCUT2D eigenvalue weighted by atomic mass is 10.1. The molecule has 106 valence electrons. The molecule has 0 saturated heterocycles. The standard InChI is InChI=1S/C13H19ClN2O3/c1-13(2,3)15-7-4-8-19-12-9-10(16(17)18)5-6-11(12)14/h5-6,9,15H,4,7-8H2,1-3H3. The molecular weight excluding hydrogens is 268 g/mol. The van der Waals surface area contributed by atoms with Gasteiger partial charge in [0.25, 0.3) is 5.69 Å². The number of hydrogen-bond donors (Lipinski definition) is 1. The number of nitrogens with one attached hydrogen (secondary N) is 1. The van der Waals surface area contributed by atoms with Gasteiger partial charge in [0.2, 0.25) is 0 Å². The largest absolute Gasteiger partial charge is 0.492 e. The van der Waals surface area contributed by atoms with Crippen LogP contribution in [0.3, 0.4) is 0 Å². The van der Waals surface area contributed by atoms with E-state index in [1.54, 1.807) is 0 Å². The molecular formula is C13H19ClN2O3. The third-order valence-corrected chi connectivity index (χ3v) is 2.67. The molecule has 5 nitrogen and oxygen atoms in total. The van der Waals surface area contributed by atoms with Crippen molar-refractivity contribution in [2.45, 2.75) is 32.7 Å². The number of nitro benzene ring substituents is 1. The monoisotopic (exact) mass is 286 g/mol. The smallest absolute Gasteiger partial charge is 0.273 e. The van der Waals surface area contributed by atoms with E-state index < -0.39 is 4.92 Å². The SMILES string of the molecule is CC(C)(C)NCCCOc1cc([N+](=O)[O-])ccc1Cl. The molecule has 0 unspecified atom stereocenters. The average molecular weight is 287 g/mol. The fourth-order valence-corrected chi connectivity index (χ4v) is 1.61. The Morgan fingerprint density at radius 1 is 1.42 bits per heavy atom. The molecule has 1 N–H and O–H groups in total. The van der Waals surface area contributed by atoms with Gasteiger partial charge in [-0.05, 0) is 39.8 Å². The van der Waals surface area contributed by atoms with Gasteiger partial charge in [-0.3, -0.25) is 10.1 Å². The van der Waals surface area contributed by atoms with E-state index in [4.69, 9.17) is 16.3 Å². The molecule has 0 aromatic heterocycles. The Labute approximate surface area is 118 Å². The van der Waals surface area contributed by atoms with Crippen LogP contribution in [0.5, 0.6) is 5.75 Å². The van der Waals surface area contributed by atoms with Crippen molar-refractivity contribution in [1.82, 2.24) is 5.32 Å². The molecule has 0 aliphatic heterocycles. The number of benzene rings is 1. The Hall–Kier alpha value is -1.33. The molecule has 19 heavy (non-hydrogen) atoms. The fourth-order valence-electron chi connectivity index (χ4n) is 1.43. The normalized spacial score (nSPS) is 11.4. The number of hydrogen-bond acceptors (Lipinski definition) is 4. The minimum atomic E-state index is -0.468. The van der Waals surface area contributed by atoms with Gasteiger partial charge in [0.05, 0.1) is 22.6 Å². The highest BCUT2D eigenvalue weighted by atomic mass is 35.5. The van der Waals surface area contributed by atoms with E-state index in [0.717, 1.165) is 13.0 Å². The van der Waals surface area contributed by atoms with Crippen LogP contribution in [0.25, 0.3) is 0 Å². The lowest BCUT2D eigenvalue weighted by Gasteiger charge is -2.20. The minimum absolute atomic E-state index is 0.0211. The maximum Gasteiger partial charge on any atom is 0.273 e. The second-order valence-corrected chi connectivity index (χ2v) is 5.66. The van der Waals surface area contributed by atoms with Crippen molar-refractivity contribution >= 4 is 17.3 Å². The summed E-state index contributed by atoms with van der Waals surface area (Å²) in [6.45, 7) is 7.54. The summed E-state index contributed by atoms with van der Waals surface area (Å²) < 4.78 is 5.47. The lowest BCUT2D eigenvalue weighted by molar-refractivity contribution is -0.384. The maximum atomic E-state index is 10.6. The van der Waals surface area contributed by atoms with Crippen molar-refractivity contribution in [3.63, 3.8) is 0 Å². The second kappa shape index (κ2) is 6.73. The third-order valence-electron chi connectivity index (χ3n) is 2.36. The highest BCUT2D eigenvalue weighted by Crippen LogP contribution is 2.28. The molecule has 0 amide bonds. The summed E-state index contributed by atoms with van der Waals surface area (Å²) in [5, 5.41) is 14.4. The number of non-ortho nitro benzene ring substituents is 1. The molecule has 0 saturated carbocycles. The van der Waals surface area contributed by atoms with Crippen LogP contribution in [0.4, 0.5) is 5.69 Å². The molecule has 6 heteroatoms. The Morgan fingerprint density at radius 3 is 2.68 bits per heavy atom. The number of rotatable bonds is 6. The van der Waals surface area contributed by atoms with E-state index in [1.807, 2.05) is 0 Å². The van der Waals surface area contributed by atoms with Crippen molar-refractivity contribution in [2.75, 3.05) is 13.2 Å². The zero-order chi connectivity index (χ0) is 14.5. The van der Waals surface area contributed by atoms with E-state index in [-0.39, 0.29) is 11.2 Å². The first-order valence-corrected chi connectivity index (χ1v) is 6.49. The van der Waals surface area contributed by atoms with Crippen LogP contribution in [-0.2, 0) is 0 Å². The predicted octanol–water partition coefficient (Wildman–Crippen LogP) is 3.41. The maximum absolute atomic E-state index is 10.6. The summed E-state index contributed by atoms with van der Waals surface area (Å²) in [5.74, 6) is 0.353. The zero-order valence-electron chi connectivity index (χ0n) is 11.4. The third kappa shape index (κ3) is 5.89. The second-order valence-electron chi connectivity index (χ2n) is 5.25. The quantitative estimate of drug-likeness (QED) is 0.494. The predicted molar refractivity (Wildman–Crippen MR) is 76.0 cm³/mol. The van der Waals surface area contributed by atoms with Gasteiger partial charge in [-0.1, -0.05) is 11.6 Å². The van der Waals surface area contributed by atoms with E-state index in [1.165, 1.54) is 18.2 Å². The first kappa shape index (κ1) is 15.7. The minimum Gasteiger partial charge on any atom is -0.492 e. The topological polar surface area (TPSA) is 64.4 Å². The van der Waals surface area contributed by atoms with Gasteiger partial charge in [0, 0.05) is 11.6 Å². The van der Waals surface area contributed by atoms with Crippen LogP contribution in [0.15, 0.2) is 18.2 Å². The van der Waals surface area contributed by atoms with E-state index in [0.29, 0.717) is 17.4 Å². The molecule has 1 aromatic rings. The molecule has 0 bridgehead atoms. The van der Waals surface area contributed by atoms with Crippen molar-refractivity contribution in [1.29, 1.82) is 0 Å².